The Labute approximate surface area is 94.7 Å². The fourth-order valence-corrected chi connectivity index (χ4v) is 1.40. The maximum Gasteiger partial charge on any atom is 0.328 e. The van der Waals surface area contributed by atoms with Crippen molar-refractivity contribution in [2.75, 3.05) is 19.8 Å². The zero-order chi connectivity index (χ0) is 12.0. The normalized spacial score (nSPS) is 21.2. The second-order valence-electron chi connectivity index (χ2n) is 3.65. The topological polar surface area (TPSA) is 76.7 Å². The van der Waals surface area contributed by atoms with Crippen molar-refractivity contribution >= 4 is 12.0 Å². The molecule has 6 nitrogen and oxygen atoms in total. The zero-order valence-corrected chi connectivity index (χ0v) is 9.62. The molecule has 1 aliphatic rings. The van der Waals surface area contributed by atoms with E-state index in [1.807, 2.05) is 0 Å². The first kappa shape index (κ1) is 12.8. The van der Waals surface area contributed by atoms with Gasteiger partial charge in [-0.3, -0.25) is 0 Å². The maximum absolute atomic E-state index is 11.4. The van der Waals surface area contributed by atoms with E-state index < -0.39 is 12.0 Å². The number of hydrogen-bond acceptors (Lipinski definition) is 4. The van der Waals surface area contributed by atoms with Gasteiger partial charge in [0.15, 0.2) is 0 Å². The molecule has 0 saturated carbocycles. The first-order chi connectivity index (χ1) is 7.63. The van der Waals surface area contributed by atoms with Crippen LogP contribution in [-0.4, -0.2) is 43.9 Å². The van der Waals surface area contributed by atoms with E-state index in [9.17, 15) is 9.59 Å². The molecule has 1 heterocycles. The van der Waals surface area contributed by atoms with E-state index in [0.29, 0.717) is 19.8 Å². The number of rotatable bonds is 4. The summed E-state index contributed by atoms with van der Waals surface area (Å²) in [5, 5.41) is 5.24. The van der Waals surface area contributed by atoms with Crippen LogP contribution in [0.4, 0.5) is 4.79 Å². The van der Waals surface area contributed by atoms with Crippen LogP contribution >= 0.6 is 0 Å². The van der Waals surface area contributed by atoms with Crippen LogP contribution in [0.1, 0.15) is 20.3 Å². The van der Waals surface area contributed by atoms with E-state index in [1.54, 1.807) is 13.8 Å². The Morgan fingerprint density at radius 3 is 2.88 bits per heavy atom. The minimum Gasteiger partial charge on any atom is -0.464 e. The summed E-state index contributed by atoms with van der Waals surface area (Å²) in [5.74, 6) is -0.430. The molecule has 2 atom stereocenters. The first-order valence-electron chi connectivity index (χ1n) is 5.45. The number of nitrogens with one attached hydrogen (secondary N) is 2. The lowest BCUT2D eigenvalue weighted by Gasteiger charge is -2.15. The smallest absolute Gasteiger partial charge is 0.328 e. The number of ether oxygens (including phenoxy) is 2. The minimum absolute atomic E-state index is 0.0365. The van der Waals surface area contributed by atoms with Crippen molar-refractivity contribution in [1.29, 1.82) is 0 Å². The highest BCUT2D eigenvalue weighted by Crippen LogP contribution is 2.02. The van der Waals surface area contributed by atoms with Crippen LogP contribution in [0.25, 0.3) is 0 Å². The number of hydrogen-bond donors (Lipinski definition) is 2. The second-order valence-corrected chi connectivity index (χ2v) is 3.65. The van der Waals surface area contributed by atoms with Gasteiger partial charge in [-0.05, 0) is 20.3 Å². The summed E-state index contributed by atoms with van der Waals surface area (Å²) in [4.78, 5) is 22.7. The quantitative estimate of drug-likeness (QED) is 0.668. The molecule has 2 amide bonds. The highest BCUT2D eigenvalue weighted by molar-refractivity contribution is 5.83. The maximum atomic E-state index is 11.4. The Hall–Kier alpha value is -1.30. The van der Waals surface area contributed by atoms with Gasteiger partial charge in [0.05, 0.1) is 19.3 Å². The molecule has 1 saturated heterocycles. The van der Waals surface area contributed by atoms with Crippen LogP contribution in [0.2, 0.25) is 0 Å². The Bertz CT molecular complexity index is 251. The van der Waals surface area contributed by atoms with E-state index >= 15 is 0 Å². The summed E-state index contributed by atoms with van der Waals surface area (Å²) in [6.45, 7) is 4.81. The third-order valence-corrected chi connectivity index (χ3v) is 2.25. The summed E-state index contributed by atoms with van der Waals surface area (Å²) in [5.41, 5.74) is 0. The highest BCUT2D eigenvalue weighted by Gasteiger charge is 2.21. The first-order valence-corrected chi connectivity index (χ1v) is 5.45. The largest absolute Gasteiger partial charge is 0.464 e. The summed E-state index contributed by atoms with van der Waals surface area (Å²) in [6.07, 6.45) is 0.807. The highest BCUT2D eigenvalue weighted by atomic mass is 16.5. The molecule has 0 aromatic carbocycles. The van der Waals surface area contributed by atoms with Gasteiger partial charge in [0.25, 0.3) is 0 Å². The molecule has 0 bridgehead atoms. The van der Waals surface area contributed by atoms with E-state index in [0.717, 1.165) is 6.42 Å². The third kappa shape index (κ3) is 4.06. The van der Waals surface area contributed by atoms with E-state index in [-0.39, 0.29) is 12.1 Å². The number of urea groups is 1. The van der Waals surface area contributed by atoms with Crippen molar-refractivity contribution in [3.8, 4) is 0 Å². The predicted octanol–water partition coefficient (Wildman–Crippen LogP) is 0.0261. The Morgan fingerprint density at radius 1 is 1.56 bits per heavy atom. The lowest BCUT2D eigenvalue weighted by Crippen LogP contribution is -2.48. The number of carbonyl (C=O) groups is 2. The van der Waals surface area contributed by atoms with Gasteiger partial charge in [0.1, 0.15) is 6.04 Å². The molecule has 1 fully saturated rings. The third-order valence-electron chi connectivity index (χ3n) is 2.25. The summed E-state index contributed by atoms with van der Waals surface area (Å²) >= 11 is 0. The molecule has 1 aliphatic heterocycles. The molecule has 1 rings (SSSR count). The molecule has 2 unspecified atom stereocenters. The van der Waals surface area contributed by atoms with Crippen molar-refractivity contribution in [2.24, 2.45) is 0 Å². The lowest BCUT2D eigenvalue weighted by molar-refractivity contribution is -0.144. The van der Waals surface area contributed by atoms with Crippen LogP contribution in [0, 0.1) is 0 Å². The Balaban J connectivity index is 2.24. The lowest BCUT2D eigenvalue weighted by atomic mass is 10.3. The standard InChI is InChI=1S/C10H18N2O4/c1-3-16-9(13)7(2)11-10(14)12-8-4-5-15-6-8/h7-8H,3-6H2,1-2H3,(H2,11,12,14). The van der Waals surface area contributed by atoms with Gasteiger partial charge < -0.3 is 20.1 Å². The van der Waals surface area contributed by atoms with Crippen LogP contribution in [0.15, 0.2) is 0 Å². The van der Waals surface area contributed by atoms with Gasteiger partial charge in [-0.15, -0.1) is 0 Å². The summed E-state index contributed by atoms with van der Waals surface area (Å²) in [7, 11) is 0. The molecular weight excluding hydrogens is 212 g/mol. The van der Waals surface area contributed by atoms with E-state index in [1.165, 1.54) is 0 Å². The fraction of sp³-hybridized carbons (Fsp3) is 0.800. The van der Waals surface area contributed by atoms with Crippen LogP contribution in [0.5, 0.6) is 0 Å². The van der Waals surface area contributed by atoms with Gasteiger partial charge in [0.2, 0.25) is 0 Å². The van der Waals surface area contributed by atoms with Crippen molar-refractivity contribution < 1.29 is 19.1 Å². The minimum atomic E-state index is -0.637. The second kappa shape index (κ2) is 6.32. The SMILES string of the molecule is CCOC(=O)C(C)NC(=O)NC1CCOC1. The molecule has 0 spiro atoms. The van der Waals surface area contributed by atoms with Crippen molar-refractivity contribution in [3.63, 3.8) is 0 Å². The average molecular weight is 230 g/mol. The van der Waals surface area contributed by atoms with Crippen molar-refractivity contribution in [3.05, 3.63) is 0 Å². The molecule has 0 aliphatic carbocycles. The fourth-order valence-electron chi connectivity index (χ4n) is 1.40. The van der Waals surface area contributed by atoms with E-state index in [2.05, 4.69) is 10.6 Å². The van der Waals surface area contributed by atoms with Gasteiger partial charge in [0, 0.05) is 6.61 Å². The molecule has 0 aromatic heterocycles. The zero-order valence-electron chi connectivity index (χ0n) is 9.62. The van der Waals surface area contributed by atoms with Crippen molar-refractivity contribution in [1.82, 2.24) is 10.6 Å². The average Bonchev–Trinajstić information content (AvgIpc) is 2.70. The van der Waals surface area contributed by atoms with Crippen molar-refractivity contribution in [2.45, 2.75) is 32.4 Å². The number of carbonyl (C=O) groups excluding carboxylic acids is 2. The molecule has 2 N–H and O–H groups in total. The molecule has 92 valence electrons. The Kier molecular flexibility index (Phi) is 5.04. The molecule has 6 heteroatoms. The van der Waals surface area contributed by atoms with Gasteiger partial charge >= 0.3 is 12.0 Å². The van der Waals surface area contributed by atoms with Crippen LogP contribution in [-0.2, 0) is 14.3 Å². The molecule has 16 heavy (non-hydrogen) atoms. The monoisotopic (exact) mass is 230 g/mol. The van der Waals surface area contributed by atoms with Gasteiger partial charge in [-0.2, -0.15) is 0 Å². The van der Waals surface area contributed by atoms with Gasteiger partial charge in [-0.25, -0.2) is 9.59 Å². The van der Waals surface area contributed by atoms with Crippen LogP contribution < -0.4 is 10.6 Å². The number of esters is 1. The predicted molar refractivity (Wildman–Crippen MR) is 57.0 cm³/mol. The van der Waals surface area contributed by atoms with Crippen LogP contribution in [0.3, 0.4) is 0 Å². The molecular formula is C10H18N2O4. The molecule has 0 radical (unpaired) electrons. The van der Waals surface area contributed by atoms with E-state index in [4.69, 9.17) is 9.47 Å². The van der Waals surface area contributed by atoms with Gasteiger partial charge in [-0.1, -0.05) is 0 Å². The number of amides is 2. The summed E-state index contributed by atoms with van der Waals surface area (Å²) < 4.78 is 9.88. The molecule has 0 aromatic rings. The summed E-state index contributed by atoms with van der Waals surface area (Å²) in [6, 6.07) is -0.965. The Morgan fingerprint density at radius 2 is 2.31 bits per heavy atom.